The molecular weight excluding hydrogens is 236 g/mol. The topological polar surface area (TPSA) is 82.2 Å². The van der Waals surface area contributed by atoms with Crippen molar-refractivity contribution in [2.24, 2.45) is 11.5 Å². The summed E-state index contributed by atoms with van der Waals surface area (Å²) in [6.07, 6.45) is 4.24. The van der Waals surface area contributed by atoms with E-state index in [1.165, 1.54) is 4.90 Å². The van der Waals surface area contributed by atoms with Crippen molar-refractivity contribution in [3.63, 3.8) is 0 Å². The van der Waals surface area contributed by atoms with Crippen LogP contribution in [0.25, 0.3) is 0 Å². The number of aryl methyl sites for hydroxylation is 1. The van der Waals surface area contributed by atoms with Gasteiger partial charge in [-0.2, -0.15) is 0 Å². The number of primary amides is 1. The number of carbonyl (C=O) groups is 1. The van der Waals surface area contributed by atoms with Crippen LogP contribution >= 0.6 is 11.8 Å². The minimum Gasteiger partial charge on any atom is -0.468 e. The summed E-state index contributed by atoms with van der Waals surface area (Å²) in [6, 6.07) is 1.97. The van der Waals surface area contributed by atoms with Gasteiger partial charge in [0.1, 0.15) is 5.76 Å². The largest absolute Gasteiger partial charge is 0.468 e. The van der Waals surface area contributed by atoms with E-state index in [0.29, 0.717) is 6.42 Å². The molecule has 1 heterocycles. The summed E-state index contributed by atoms with van der Waals surface area (Å²) < 4.78 is 5.21. The Labute approximate surface area is 106 Å². The van der Waals surface area contributed by atoms with Crippen molar-refractivity contribution in [2.75, 3.05) is 5.75 Å². The molecule has 17 heavy (non-hydrogen) atoms. The number of rotatable bonds is 7. The third-order valence-electron chi connectivity index (χ3n) is 2.72. The Morgan fingerprint density at radius 3 is 2.76 bits per heavy atom. The fourth-order valence-corrected chi connectivity index (χ4v) is 2.39. The van der Waals surface area contributed by atoms with Crippen molar-refractivity contribution in [3.8, 4) is 0 Å². The van der Waals surface area contributed by atoms with Gasteiger partial charge in [0.05, 0.1) is 11.8 Å². The van der Waals surface area contributed by atoms with Crippen LogP contribution in [0.2, 0.25) is 0 Å². The Balaban J connectivity index is 2.17. The maximum atomic E-state index is 11.0. The average molecular weight is 256 g/mol. The zero-order valence-electron chi connectivity index (χ0n) is 10.4. The van der Waals surface area contributed by atoms with Crippen LogP contribution in [-0.2, 0) is 4.79 Å². The lowest BCUT2D eigenvalue weighted by Gasteiger charge is -2.19. The van der Waals surface area contributed by atoms with Crippen LogP contribution < -0.4 is 11.5 Å². The van der Waals surface area contributed by atoms with Crippen LogP contribution in [0.5, 0.6) is 0 Å². The molecule has 0 bridgehead atoms. The van der Waals surface area contributed by atoms with E-state index in [1.54, 1.807) is 24.9 Å². The van der Waals surface area contributed by atoms with Crippen molar-refractivity contribution >= 4 is 17.7 Å². The zero-order chi connectivity index (χ0) is 12.9. The van der Waals surface area contributed by atoms with Gasteiger partial charge in [-0.25, -0.2) is 0 Å². The van der Waals surface area contributed by atoms with E-state index < -0.39 is 11.4 Å². The Kier molecular flexibility index (Phi) is 5.08. The van der Waals surface area contributed by atoms with Gasteiger partial charge in [0.2, 0.25) is 5.91 Å². The van der Waals surface area contributed by atoms with Crippen LogP contribution in [0.1, 0.15) is 31.9 Å². The number of thioether (sulfide) groups is 1. The zero-order valence-corrected chi connectivity index (χ0v) is 11.2. The van der Waals surface area contributed by atoms with E-state index in [0.717, 1.165) is 24.4 Å². The summed E-state index contributed by atoms with van der Waals surface area (Å²) >= 11 is 1.76. The normalized spacial score (nSPS) is 14.5. The molecular formula is C12H20N2O2S. The highest BCUT2D eigenvalue weighted by atomic mass is 32.2. The molecule has 1 atom stereocenters. The van der Waals surface area contributed by atoms with Crippen LogP contribution in [-0.4, -0.2) is 17.2 Å². The summed E-state index contributed by atoms with van der Waals surface area (Å²) in [7, 11) is 0. The van der Waals surface area contributed by atoms with Crippen LogP contribution in [0, 0.1) is 6.92 Å². The standard InChI is InChI=1S/C12H20N2O2S/c1-9-10(5-7-16-9)17-8-4-3-6-12(2,14)11(13)15/h5,7H,3-4,6,8,14H2,1-2H3,(H2,13,15). The quantitative estimate of drug-likeness (QED) is 0.578. The SMILES string of the molecule is Cc1occc1SCCCCC(C)(N)C(N)=O. The number of unbranched alkanes of at least 4 members (excludes halogenated alkanes) is 1. The third kappa shape index (κ3) is 4.44. The van der Waals surface area contributed by atoms with Crippen molar-refractivity contribution < 1.29 is 9.21 Å². The van der Waals surface area contributed by atoms with Gasteiger partial charge in [-0.1, -0.05) is 6.42 Å². The molecule has 0 fully saturated rings. The molecule has 1 aromatic heterocycles. The summed E-state index contributed by atoms with van der Waals surface area (Å²) in [4.78, 5) is 12.2. The first kappa shape index (κ1) is 14.1. The Bertz CT molecular complexity index is 374. The number of nitrogens with two attached hydrogens (primary N) is 2. The maximum Gasteiger partial charge on any atom is 0.237 e. The molecule has 1 aromatic rings. The Hall–Kier alpha value is -0.940. The van der Waals surface area contributed by atoms with E-state index in [4.69, 9.17) is 15.9 Å². The van der Waals surface area contributed by atoms with Gasteiger partial charge < -0.3 is 15.9 Å². The monoisotopic (exact) mass is 256 g/mol. The van der Waals surface area contributed by atoms with Crippen LogP contribution in [0.15, 0.2) is 21.6 Å². The van der Waals surface area contributed by atoms with Gasteiger partial charge in [-0.15, -0.1) is 11.8 Å². The second-order valence-corrected chi connectivity index (χ2v) is 5.57. The van der Waals surface area contributed by atoms with Gasteiger partial charge in [-0.05, 0) is 38.5 Å². The van der Waals surface area contributed by atoms with E-state index in [9.17, 15) is 4.79 Å². The lowest BCUT2D eigenvalue weighted by atomic mass is 9.96. The molecule has 1 rings (SSSR count). The number of hydrogen-bond donors (Lipinski definition) is 2. The number of furan rings is 1. The lowest BCUT2D eigenvalue weighted by molar-refractivity contribution is -0.122. The number of amides is 1. The predicted octanol–water partition coefficient (Wildman–Crippen LogP) is 2.05. The lowest BCUT2D eigenvalue weighted by Crippen LogP contribution is -2.49. The minimum atomic E-state index is -0.879. The molecule has 0 saturated carbocycles. The molecule has 0 aliphatic rings. The molecule has 4 nitrogen and oxygen atoms in total. The molecule has 0 radical (unpaired) electrons. The predicted molar refractivity (Wildman–Crippen MR) is 69.8 cm³/mol. The van der Waals surface area contributed by atoms with Crippen LogP contribution in [0.3, 0.4) is 0 Å². The highest BCUT2D eigenvalue weighted by Gasteiger charge is 2.24. The molecule has 0 spiro atoms. The average Bonchev–Trinajstić information content (AvgIpc) is 2.63. The summed E-state index contributed by atoms with van der Waals surface area (Å²) in [5.74, 6) is 1.52. The summed E-state index contributed by atoms with van der Waals surface area (Å²) in [6.45, 7) is 3.63. The van der Waals surface area contributed by atoms with Gasteiger partial charge in [0, 0.05) is 4.90 Å². The molecule has 0 aliphatic heterocycles. The van der Waals surface area contributed by atoms with Crippen LogP contribution in [0.4, 0.5) is 0 Å². The van der Waals surface area contributed by atoms with E-state index in [1.807, 2.05) is 13.0 Å². The fourth-order valence-electron chi connectivity index (χ4n) is 1.42. The molecule has 0 aliphatic carbocycles. The molecule has 0 saturated heterocycles. The fraction of sp³-hybridized carbons (Fsp3) is 0.583. The molecule has 1 unspecified atom stereocenters. The summed E-state index contributed by atoms with van der Waals surface area (Å²) in [5, 5.41) is 0. The van der Waals surface area contributed by atoms with Crippen molar-refractivity contribution in [1.29, 1.82) is 0 Å². The molecule has 4 N–H and O–H groups in total. The van der Waals surface area contributed by atoms with Crippen molar-refractivity contribution in [1.82, 2.24) is 0 Å². The first-order valence-electron chi connectivity index (χ1n) is 5.69. The molecule has 1 amide bonds. The highest BCUT2D eigenvalue weighted by molar-refractivity contribution is 7.99. The second kappa shape index (κ2) is 6.12. The Morgan fingerprint density at radius 1 is 1.53 bits per heavy atom. The van der Waals surface area contributed by atoms with E-state index in [2.05, 4.69) is 0 Å². The molecule has 5 heteroatoms. The Morgan fingerprint density at radius 2 is 2.24 bits per heavy atom. The van der Waals surface area contributed by atoms with Gasteiger partial charge in [-0.3, -0.25) is 4.79 Å². The van der Waals surface area contributed by atoms with Gasteiger partial charge in [0.25, 0.3) is 0 Å². The smallest absolute Gasteiger partial charge is 0.237 e. The van der Waals surface area contributed by atoms with E-state index in [-0.39, 0.29) is 0 Å². The molecule has 96 valence electrons. The molecule has 0 aromatic carbocycles. The summed E-state index contributed by atoms with van der Waals surface area (Å²) in [5.41, 5.74) is 10.1. The number of carbonyl (C=O) groups excluding carboxylic acids is 1. The maximum absolute atomic E-state index is 11.0. The van der Waals surface area contributed by atoms with Crippen molar-refractivity contribution in [2.45, 2.75) is 43.5 Å². The van der Waals surface area contributed by atoms with E-state index >= 15 is 0 Å². The highest BCUT2D eigenvalue weighted by Crippen LogP contribution is 2.24. The first-order valence-corrected chi connectivity index (χ1v) is 6.68. The number of hydrogen-bond acceptors (Lipinski definition) is 4. The van der Waals surface area contributed by atoms with Gasteiger partial charge in [0.15, 0.2) is 0 Å². The minimum absolute atomic E-state index is 0.434. The van der Waals surface area contributed by atoms with Crippen molar-refractivity contribution in [3.05, 3.63) is 18.1 Å². The second-order valence-electron chi connectivity index (χ2n) is 4.43. The first-order chi connectivity index (χ1) is 7.93. The third-order valence-corrected chi connectivity index (χ3v) is 3.95. The van der Waals surface area contributed by atoms with Gasteiger partial charge >= 0.3 is 0 Å².